The summed E-state index contributed by atoms with van der Waals surface area (Å²) in [5.74, 6) is 1.96. The van der Waals surface area contributed by atoms with E-state index in [4.69, 9.17) is 5.73 Å². The Labute approximate surface area is 90.9 Å². The van der Waals surface area contributed by atoms with Crippen molar-refractivity contribution in [2.45, 2.75) is 58.0 Å². The third-order valence-corrected chi connectivity index (χ3v) is 3.06. The highest BCUT2D eigenvalue weighted by atomic mass is 15.3. The first-order chi connectivity index (χ1) is 7.06. The summed E-state index contributed by atoms with van der Waals surface area (Å²) in [6, 6.07) is 0.606. The van der Waals surface area contributed by atoms with E-state index >= 15 is 0 Å². The molecular weight excluding hydrogens is 188 g/mol. The zero-order valence-corrected chi connectivity index (χ0v) is 9.82. The van der Waals surface area contributed by atoms with Crippen molar-refractivity contribution in [2.24, 2.45) is 5.73 Å². The molecule has 1 unspecified atom stereocenters. The van der Waals surface area contributed by atoms with Crippen molar-refractivity contribution in [3.63, 3.8) is 0 Å². The number of nitrogens with two attached hydrogens (primary N) is 1. The molecule has 2 rings (SSSR count). The standard InChI is InChI=1S/C11H20N4/c1-4-7-11(3,12)10-14-13-8(2)15(10)9-5-6-9/h9H,4-7,12H2,1-3H3. The van der Waals surface area contributed by atoms with Gasteiger partial charge in [0.25, 0.3) is 0 Å². The Kier molecular flexibility index (Phi) is 2.54. The molecule has 84 valence electrons. The molecule has 1 aliphatic rings. The number of aromatic nitrogens is 3. The smallest absolute Gasteiger partial charge is 0.153 e. The summed E-state index contributed by atoms with van der Waals surface area (Å²) >= 11 is 0. The van der Waals surface area contributed by atoms with Crippen LogP contribution in [0, 0.1) is 6.92 Å². The maximum atomic E-state index is 6.30. The van der Waals surface area contributed by atoms with Crippen LogP contribution in [0.5, 0.6) is 0 Å². The summed E-state index contributed by atoms with van der Waals surface area (Å²) in [5.41, 5.74) is 5.97. The Bertz CT molecular complexity index is 349. The Hall–Kier alpha value is -0.900. The van der Waals surface area contributed by atoms with E-state index in [9.17, 15) is 0 Å². The maximum absolute atomic E-state index is 6.30. The Morgan fingerprint density at radius 3 is 2.67 bits per heavy atom. The fourth-order valence-electron chi connectivity index (χ4n) is 2.16. The Balaban J connectivity index is 2.34. The lowest BCUT2D eigenvalue weighted by atomic mass is 9.96. The monoisotopic (exact) mass is 208 g/mol. The second-order valence-corrected chi connectivity index (χ2v) is 4.84. The van der Waals surface area contributed by atoms with Crippen molar-refractivity contribution in [1.29, 1.82) is 0 Å². The lowest BCUT2D eigenvalue weighted by Gasteiger charge is -2.24. The predicted octanol–water partition coefficient (Wildman–Crippen LogP) is 1.90. The number of aryl methyl sites for hydroxylation is 1. The van der Waals surface area contributed by atoms with E-state index in [2.05, 4.69) is 28.6 Å². The number of rotatable bonds is 4. The quantitative estimate of drug-likeness (QED) is 0.822. The molecule has 1 atom stereocenters. The van der Waals surface area contributed by atoms with Gasteiger partial charge in [-0.2, -0.15) is 0 Å². The lowest BCUT2D eigenvalue weighted by molar-refractivity contribution is 0.396. The summed E-state index contributed by atoms with van der Waals surface area (Å²) in [6.07, 6.45) is 4.52. The van der Waals surface area contributed by atoms with Crippen LogP contribution in [0.15, 0.2) is 0 Å². The van der Waals surface area contributed by atoms with Crippen molar-refractivity contribution in [3.05, 3.63) is 11.6 Å². The third kappa shape index (κ3) is 1.91. The van der Waals surface area contributed by atoms with Crippen LogP contribution in [0.2, 0.25) is 0 Å². The van der Waals surface area contributed by atoms with E-state index < -0.39 is 0 Å². The van der Waals surface area contributed by atoms with Crippen LogP contribution in [0.25, 0.3) is 0 Å². The molecule has 0 bridgehead atoms. The second-order valence-electron chi connectivity index (χ2n) is 4.84. The van der Waals surface area contributed by atoms with Gasteiger partial charge >= 0.3 is 0 Å². The van der Waals surface area contributed by atoms with Gasteiger partial charge in [-0.05, 0) is 33.1 Å². The summed E-state index contributed by atoms with van der Waals surface area (Å²) in [4.78, 5) is 0. The zero-order chi connectivity index (χ0) is 11.1. The van der Waals surface area contributed by atoms with Crippen LogP contribution in [-0.2, 0) is 5.54 Å². The van der Waals surface area contributed by atoms with Gasteiger partial charge in [0, 0.05) is 6.04 Å². The highest BCUT2D eigenvalue weighted by molar-refractivity contribution is 5.10. The largest absolute Gasteiger partial charge is 0.319 e. The summed E-state index contributed by atoms with van der Waals surface area (Å²) in [7, 11) is 0. The normalized spacial score (nSPS) is 20.3. The average molecular weight is 208 g/mol. The fourth-order valence-corrected chi connectivity index (χ4v) is 2.16. The van der Waals surface area contributed by atoms with Gasteiger partial charge in [0.05, 0.1) is 5.54 Å². The molecule has 0 aliphatic heterocycles. The molecule has 0 aromatic carbocycles. The molecule has 2 N–H and O–H groups in total. The minimum Gasteiger partial charge on any atom is -0.319 e. The van der Waals surface area contributed by atoms with Crippen molar-refractivity contribution >= 4 is 0 Å². The average Bonchev–Trinajstić information content (AvgIpc) is 2.89. The van der Waals surface area contributed by atoms with Crippen LogP contribution in [0.1, 0.15) is 57.2 Å². The minimum atomic E-state index is -0.335. The van der Waals surface area contributed by atoms with Gasteiger partial charge in [-0.3, -0.25) is 0 Å². The number of hydrogen-bond acceptors (Lipinski definition) is 3. The molecule has 1 aliphatic carbocycles. The molecule has 1 heterocycles. The van der Waals surface area contributed by atoms with Gasteiger partial charge in [-0.25, -0.2) is 0 Å². The highest BCUT2D eigenvalue weighted by Gasteiger charge is 2.34. The van der Waals surface area contributed by atoms with Gasteiger partial charge in [0.15, 0.2) is 5.82 Å². The summed E-state index contributed by atoms with van der Waals surface area (Å²) in [6.45, 7) is 6.21. The van der Waals surface area contributed by atoms with E-state index in [0.29, 0.717) is 6.04 Å². The molecular formula is C11H20N4. The first-order valence-corrected chi connectivity index (χ1v) is 5.77. The highest BCUT2D eigenvalue weighted by Crippen LogP contribution is 2.38. The van der Waals surface area contributed by atoms with Gasteiger partial charge < -0.3 is 10.3 Å². The molecule has 15 heavy (non-hydrogen) atoms. The van der Waals surface area contributed by atoms with Crippen LogP contribution < -0.4 is 5.73 Å². The maximum Gasteiger partial charge on any atom is 0.153 e. The Morgan fingerprint density at radius 1 is 1.47 bits per heavy atom. The van der Waals surface area contributed by atoms with Crippen LogP contribution >= 0.6 is 0 Å². The molecule has 0 radical (unpaired) electrons. The van der Waals surface area contributed by atoms with Crippen LogP contribution in [0.3, 0.4) is 0 Å². The summed E-state index contributed by atoms with van der Waals surface area (Å²) in [5, 5.41) is 8.41. The van der Waals surface area contributed by atoms with E-state index in [1.54, 1.807) is 0 Å². The van der Waals surface area contributed by atoms with Crippen LogP contribution in [0.4, 0.5) is 0 Å². The lowest BCUT2D eigenvalue weighted by Crippen LogP contribution is -2.36. The van der Waals surface area contributed by atoms with E-state index in [1.807, 2.05) is 6.92 Å². The predicted molar refractivity (Wildman–Crippen MR) is 59.5 cm³/mol. The summed E-state index contributed by atoms with van der Waals surface area (Å²) < 4.78 is 2.23. The number of hydrogen-bond donors (Lipinski definition) is 1. The van der Waals surface area contributed by atoms with Crippen molar-refractivity contribution < 1.29 is 0 Å². The first-order valence-electron chi connectivity index (χ1n) is 5.77. The first kappa shape index (κ1) is 10.6. The molecule has 1 fully saturated rings. The minimum absolute atomic E-state index is 0.335. The van der Waals surface area contributed by atoms with Gasteiger partial charge in [-0.15, -0.1) is 10.2 Å². The Morgan fingerprint density at radius 2 is 2.13 bits per heavy atom. The van der Waals surface area contributed by atoms with Gasteiger partial charge in [0.2, 0.25) is 0 Å². The fraction of sp³-hybridized carbons (Fsp3) is 0.818. The zero-order valence-electron chi connectivity index (χ0n) is 9.82. The van der Waals surface area contributed by atoms with E-state index in [0.717, 1.165) is 24.5 Å². The van der Waals surface area contributed by atoms with Crippen molar-refractivity contribution in [2.75, 3.05) is 0 Å². The SMILES string of the molecule is CCCC(C)(N)c1nnc(C)n1C1CC1. The molecule has 4 heteroatoms. The molecule has 4 nitrogen and oxygen atoms in total. The molecule has 0 saturated heterocycles. The van der Waals surface area contributed by atoms with Gasteiger partial charge in [0.1, 0.15) is 5.82 Å². The van der Waals surface area contributed by atoms with E-state index in [1.165, 1.54) is 12.8 Å². The third-order valence-electron chi connectivity index (χ3n) is 3.06. The molecule has 0 amide bonds. The van der Waals surface area contributed by atoms with Crippen LogP contribution in [-0.4, -0.2) is 14.8 Å². The molecule has 1 aromatic rings. The van der Waals surface area contributed by atoms with Crippen molar-refractivity contribution in [1.82, 2.24) is 14.8 Å². The molecule has 1 saturated carbocycles. The van der Waals surface area contributed by atoms with E-state index in [-0.39, 0.29) is 5.54 Å². The second kappa shape index (κ2) is 3.59. The molecule has 0 spiro atoms. The number of nitrogens with zero attached hydrogens (tertiary/aromatic N) is 3. The van der Waals surface area contributed by atoms with Crippen molar-refractivity contribution in [3.8, 4) is 0 Å². The topological polar surface area (TPSA) is 56.7 Å². The van der Waals surface area contributed by atoms with Gasteiger partial charge in [-0.1, -0.05) is 13.3 Å². The molecule has 1 aromatic heterocycles.